The fourth-order valence-corrected chi connectivity index (χ4v) is 4.49. The number of para-hydroxylation sites is 1. The summed E-state index contributed by atoms with van der Waals surface area (Å²) in [5.74, 6) is -1.04. The number of aliphatic carboxylic acids is 1. The van der Waals surface area contributed by atoms with Gasteiger partial charge in [-0.1, -0.05) is 71.5 Å². The number of carboxylic acids is 1. The van der Waals surface area contributed by atoms with E-state index in [0.29, 0.717) is 10.9 Å². The van der Waals surface area contributed by atoms with E-state index in [1.807, 2.05) is 71.9 Å². The Morgan fingerprint density at radius 2 is 1.56 bits per heavy atom. The zero-order valence-corrected chi connectivity index (χ0v) is 21.5. The first-order chi connectivity index (χ1) is 15.7. The van der Waals surface area contributed by atoms with Crippen LogP contribution in [-0.4, -0.2) is 32.5 Å². The minimum Gasteiger partial charge on any atom is -0.507 e. The highest BCUT2D eigenvalue weighted by molar-refractivity contribution is 8.15. The number of thioether (sulfide) groups is 1. The molecule has 180 valence electrons. The second-order valence-corrected chi connectivity index (χ2v) is 11.8. The molecule has 6 nitrogen and oxygen atoms in total. The molecule has 0 spiro atoms. The van der Waals surface area contributed by atoms with Gasteiger partial charge in [-0.3, -0.25) is 14.5 Å². The van der Waals surface area contributed by atoms with Gasteiger partial charge in [0, 0.05) is 11.1 Å². The van der Waals surface area contributed by atoms with Gasteiger partial charge in [0.2, 0.25) is 0 Å². The topological polar surface area (TPSA) is 90.2 Å². The predicted molar refractivity (Wildman–Crippen MR) is 140 cm³/mol. The lowest BCUT2D eigenvalue weighted by molar-refractivity contribution is -0.136. The fraction of sp³-hybridized carbons (Fsp3) is 0.370. The zero-order valence-electron chi connectivity index (χ0n) is 20.7. The number of rotatable bonds is 4. The van der Waals surface area contributed by atoms with Crippen molar-refractivity contribution < 1.29 is 19.8 Å². The van der Waals surface area contributed by atoms with E-state index in [2.05, 4.69) is 4.99 Å². The maximum Gasteiger partial charge on any atom is 0.316 e. The van der Waals surface area contributed by atoms with E-state index in [1.54, 1.807) is 25.1 Å². The molecule has 0 bridgehead atoms. The van der Waals surface area contributed by atoms with Gasteiger partial charge in [0.1, 0.15) is 16.7 Å². The second-order valence-electron chi connectivity index (χ2n) is 10.5. The van der Waals surface area contributed by atoms with Crippen LogP contribution in [0.25, 0.3) is 6.08 Å². The summed E-state index contributed by atoms with van der Waals surface area (Å²) in [5, 5.41) is 19.9. The molecule has 0 aromatic heterocycles. The van der Waals surface area contributed by atoms with E-state index in [4.69, 9.17) is 0 Å². The third-order valence-corrected chi connectivity index (χ3v) is 6.57. The molecular weight excluding hydrogens is 448 g/mol. The van der Waals surface area contributed by atoms with Crippen molar-refractivity contribution >= 4 is 40.6 Å². The number of amides is 1. The lowest BCUT2D eigenvalue weighted by Gasteiger charge is -2.28. The summed E-state index contributed by atoms with van der Waals surface area (Å²) in [5.41, 5.74) is 2.55. The molecule has 1 heterocycles. The molecule has 0 saturated heterocycles. The van der Waals surface area contributed by atoms with Crippen LogP contribution in [0, 0.1) is 0 Å². The molecule has 2 aromatic carbocycles. The molecule has 3 rings (SSSR count). The van der Waals surface area contributed by atoms with Crippen molar-refractivity contribution in [3.8, 4) is 5.75 Å². The summed E-state index contributed by atoms with van der Waals surface area (Å²) in [7, 11) is 0. The SMILES string of the molecule is CC(SC1=N/C(=C/c2cc(C(C)(C)C)c(O)c(C(C)(C)C)c2)C(=O)N1c1ccccc1)C(=O)O. The van der Waals surface area contributed by atoms with E-state index < -0.39 is 11.2 Å². The lowest BCUT2D eigenvalue weighted by atomic mass is 9.78. The number of aromatic hydroxyl groups is 1. The van der Waals surface area contributed by atoms with Crippen LogP contribution in [0.5, 0.6) is 5.75 Å². The number of nitrogens with zero attached hydrogens (tertiary/aromatic N) is 2. The summed E-state index contributed by atoms with van der Waals surface area (Å²) in [4.78, 5) is 30.9. The minimum atomic E-state index is -0.978. The largest absolute Gasteiger partial charge is 0.507 e. The van der Waals surface area contributed by atoms with E-state index in [9.17, 15) is 19.8 Å². The molecule has 34 heavy (non-hydrogen) atoms. The van der Waals surface area contributed by atoms with Gasteiger partial charge >= 0.3 is 5.97 Å². The number of phenolic OH excluding ortho intramolecular Hbond substituents is 1. The Kier molecular flexibility index (Phi) is 6.99. The van der Waals surface area contributed by atoms with Crippen molar-refractivity contribution in [2.24, 2.45) is 4.99 Å². The van der Waals surface area contributed by atoms with E-state index >= 15 is 0 Å². The van der Waals surface area contributed by atoms with E-state index in [0.717, 1.165) is 28.5 Å². The van der Waals surface area contributed by atoms with Crippen LogP contribution in [0.4, 0.5) is 5.69 Å². The highest BCUT2D eigenvalue weighted by Crippen LogP contribution is 2.40. The number of carbonyl (C=O) groups excluding carboxylic acids is 1. The summed E-state index contributed by atoms with van der Waals surface area (Å²) in [6, 6.07) is 12.8. The lowest BCUT2D eigenvalue weighted by Crippen LogP contribution is -2.32. The Balaban J connectivity index is 2.15. The van der Waals surface area contributed by atoms with Crippen LogP contribution < -0.4 is 4.90 Å². The number of hydrogen-bond donors (Lipinski definition) is 2. The molecule has 1 unspecified atom stereocenters. The number of benzene rings is 2. The molecule has 0 fully saturated rings. The van der Waals surface area contributed by atoms with Gasteiger partial charge in [-0.25, -0.2) is 4.99 Å². The van der Waals surface area contributed by atoms with Crippen molar-refractivity contribution in [1.29, 1.82) is 0 Å². The number of phenols is 1. The molecule has 7 heteroatoms. The average molecular weight is 481 g/mol. The van der Waals surface area contributed by atoms with Crippen LogP contribution in [0.2, 0.25) is 0 Å². The first kappa shape index (κ1) is 25.6. The van der Waals surface area contributed by atoms with Crippen molar-refractivity contribution in [3.63, 3.8) is 0 Å². The third kappa shape index (κ3) is 5.36. The maximum atomic E-state index is 13.4. The highest BCUT2D eigenvalue weighted by Gasteiger charge is 2.34. The van der Waals surface area contributed by atoms with E-state index in [-0.39, 0.29) is 28.2 Å². The van der Waals surface area contributed by atoms with Crippen molar-refractivity contribution in [3.05, 3.63) is 64.9 Å². The summed E-state index contributed by atoms with van der Waals surface area (Å²) in [6.07, 6.45) is 1.71. The van der Waals surface area contributed by atoms with Gasteiger partial charge in [0.15, 0.2) is 5.17 Å². The van der Waals surface area contributed by atoms with Gasteiger partial charge in [0.05, 0.1) is 5.69 Å². The van der Waals surface area contributed by atoms with E-state index in [1.165, 1.54) is 4.90 Å². The van der Waals surface area contributed by atoms with Crippen LogP contribution in [0.3, 0.4) is 0 Å². The Morgan fingerprint density at radius 3 is 2.03 bits per heavy atom. The number of hydrogen-bond acceptors (Lipinski definition) is 5. The molecule has 2 aromatic rings. The molecule has 0 radical (unpaired) electrons. The zero-order chi connectivity index (χ0) is 25.4. The number of anilines is 1. The highest BCUT2D eigenvalue weighted by atomic mass is 32.2. The summed E-state index contributed by atoms with van der Waals surface area (Å²) >= 11 is 1.03. The Hall–Kier alpha value is -3.06. The predicted octanol–water partition coefficient (Wildman–Crippen LogP) is 5.94. The number of amidine groups is 1. The number of carboxylic acid groups (broad SMARTS) is 1. The molecule has 0 saturated carbocycles. The quantitative estimate of drug-likeness (QED) is 0.529. The third-order valence-electron chi connectivity index (χ3n) is 5.53. The maximum absolute atomic E-state index is 13.4. The normalized spacial score (nSPS) is 16.7. The van der Waals surface area contributed by atoms with Crippen LogP contribution >= 0.6 is 11.8 Å². The molecule has 0 aliphatic carbocycles. The standard InChI is InChI=1S/C27H32N2O4S/c1-16(24(32)33)34-25-28-21(23(31)29(25)18-11-9-8-10-12-18)15-17-13-19(26(2,3)4)22(30)20(14-17)27(5,6)7/h8-16,30H,1-7H3,(H,32,33)/b21-15+. The Morgan fingerprint density at radius 1 is 1.03 bits per heavy atom. The van der Waals surface area contributed by atoms with Crippen molar-refractivity contribution in [2.45, 2.75) is 64.5 Å². The first-order valence-electron chi connectivity index (χ1n) is 11.2. The second kappa shape index (κ2) is 9.29. The Bertz CT molecular complexity index is 1140. The van der Waals surface area contributed by atoms with Crippen LogP contribution in [-0.2, 0) is 20.4 Å². The van der Waals surface area contributed by atoms with Gasteiger partial charge in [-0.2, -0.15) is 0 Å². The Labute approximate surface area is 205 Å². The van der Waals surface area contributed by atoms with Gasteiger partial charge < -0.3 is 10.2 Å². The smallest absolute Gasteiger partial charge is 0.316 e. The fourth-order valence-electron chi connectivity index (χ4n) is 3.63. The first-order valence-corrected chi connectivity index (χ1v) is 12.1. The molecule has 1 aliphatic rings. The summed E-state index contributed by atoms with van der Waals surface area (Å²) in [6.45, 7) is 13.8. The monoisotopic (exact) mass is 480 g/mol. The molecule has 1 amide bonds. The molecular formula is C27H32N2O4S. The van der Waals surface area contributed by atoms with Crippen molar-refractivity contribution in [2.75, 3.05) is 4.90 Å². The average Bonchev–Trinajstić information content (AvgIpc) is 3.02. The number of aliphatic imine (C=N–C) groups is 1. The molecule has 1 aliphatic heterocycles. The molecule has 2 N–H and O–H groups in total. The van der Waals surface area contributed by atoms with Gasteiger partial charge in [-0.05, 0) is 53.7 Å². The minimum absolute atomic E-state index is 0.217. The number of carbonyl (C=O) groups is 2. The van der Waals surface area contributed by atoms with Gasteiger partial charge in [-0.15, -0.1) is 0 Å². The van der Waals surface area contributed by atoms with Crippen LogP contribution in [0.1, 0.15) is 65.2 Å². The van der Waals surface area contributed by atoms with Crippen molar-refractivity contribution in [1.82, 2.24) is 0 Å². The van der Waals surface area contributed by atoms with Crippen LogP contribution in [0.15, 0.2) is 53.2 Å². The molecule has 1 atom stereocenters. The summed E-state index contributed by atoms with van der Waals surface area (Å²) < 4.78 is 0. The van der Waals surface area contributed by atoms with Gasteiger partial charge in [0.25, 0.3) is 5.91 Å².